The fourth-order valence-corrected chi connectivity index (χ4v) is 3.42. The van der Waals surface area contributed by atoms with Gasteiger partial charge in [0, 0.05) is 12.6 Å². The summed E-state index contributed by atoms with van der Waals surface area (Å²) >= 11 is 0. The number of carbonyl (C=O) groups excluding carboxylic acids is 1. The third-order valence-corrected chi connectivity index (χ3v) is 4.83. The van der Waals surface area contributed by atoms with Crippen molar-refractivity contribution in [3.8, 4) is 0 Å². The normalized spacial score (nSPS) is 28.3. The van der Waals surface area contributed by atoms with Crippen LogP contribution in [0.15, 0.2) is 0 Å². The number of hydrogen-bond acceptors (Lipinski definition) is 3. The van der Waals surface area contributed by atoms with Crippen molar-refractivity contribution < 1.29 is 9.90 Å². The van der Waals surface area contributed by atoms with Gasteiger partial charge in [-0.3, -0.25) is 0 Å². The number of piperidine rings is 1. The number of hydrogen-bond donors (Lipinski definition) is 3. The van der Waals surface area contributed by atoms with E-state index in [0.29, 0.717) is 5.92 Å². The largest absolute Gasteiger partial charge is 0.393 e. The lowest BCUT2D eigenvalue weighted by Crippen LogP contribution is -2.46. The van der Waals surface area contributed by atoms with Gasteiger partial charge in [0.05, 0.1) is 6.10 Å². The molecule has 0 aromatic heterocycles. The molecule has 2 amide bonds. The zero-order chi connectivity index (χ0) is 15.1. The predicted octanol–water partition coefficient (Wildman–Crippen LogP) is 1.71. The molecule has 0 spiro atoms. The Hall–Kier alpha value is -0.810. The second-order valence-corrected chi connectivity index (χ2v) is 6.64. The Labute approximate surface area is 128 Å². The van der Waals surface area contributed by atoms with Crippen LogP contribution in [0.25, 0.3) is 0 Å². The van der Waals surface area contributed by atoms with Crippen molar-refractivity contribution in [3.63, 3.8) is 0 Å². The predicted molar refractivity (Wildman–Crippen MR) is 84.3 cm³/mol. The lowest BCUT2D eigenvalue weighted by Gasteiger charge is -2.32. The van der Waals surface area contributed by atoms with Gasteiger partial charge in [0.2, 0.25) is 0 Å². The second kappa shape index (κ2) is 8.59. The average molecular weight is 297 g/mol. The molecule has 0 aromatic carbocycles. The first-order chi connectivity index (χ1) is 10.2. The standard InChI is InChI=1S/C16H31N3O2/c1-2-9-19-10-7-13(8-11-19)12-17-16(21)18-14-3-5-15(20)6-4-14/h13-15,20H,2-12H2,1H3,(H2,17,18,21). The maximum absolute atomic E-state index is 11.9. The molecule has 122 valence electrons. The molecule has 0 atom stereocenters. The Morgan fingerprint density at radius 1 is 1.14 bits per heavy atom. The number of likely N-dealkylation sites (tertiary alicyclic amines) is 1. The molecule has 2 aliphatic rings. The molecule has 2 rings (SSSR count). The Morgan fingerprint density at radius 2 is 1.81 bits per heavy atom. The summed E-state index contributed by atoms with van der Waals surface area (Å²) in [5.41, 5.74) is 0. The van der Waals surface area contributed by atoms with Gasteiger partial charge in [0.15, 0.2) is 0 Å². The van der Waals surface area contributed by atoms with E-state index in [2.05, 4.69) is 22.5 Å². The fraction of sp³-hybridized carbons (Fsp3) is 0.938. The highest BCUT2D eigenvalue weighted by Gasteiger charge is 2.22. The minimum Gasteiger partial charge on any atom is -0.393 e. The maximum atomic E-state index is 11.9. The molecule has 1 aliphatic heterocycles. The van der Waals surface area contributed by atoms with Crippen LogP contribution in [0.4, 0.5) is 4.79 Å². The highest BCUT2D eigenvalue weighted by atomic mass is 16.3. The van der Waals surface area contributed by atoms with Crippen molar-refractivity contribution in [2.75, 3.05) is 26.2 Å². The Morgan fingerprint density at radius 3 is 2.43 bits per heavy atom. The number of amides is 2. The smallest absolute Gasteiger partial charge is 0.315 e. The number of aliphatic hydroxyl groups excluding tert-OH is 1. The van der Waals surface area contributed by atoms with Gasteiger partial charge in [-0.2, -0.15) is 0 Å². The third kappa shape index (κ3) is 5.83. The van der Waals surface area contributed by atoms with Gasteiger partial charge in [-0.25, -0.2) is 4.79 Å². The molecule has 2 fully saturated rings. The highest BCUT2D eigenvalue weighted by Crippen LogP contribution is 2.18. The lowest BCUT2D eigenvalue weighted by atomic mass is 9.93. The van der Waals surface area contributed by atoms with Crippen LogP contribution in [0.5, 0.6) is 0 Å². The summed E-state index contributed by atoms with van der Waals surface area (Å²) in [5, 5.41) is 15.5. The summed E-state index contributed by atoms with van der Waals surface area (Å²) in [6.07, 6.45) is 6.84. The molecule has 0 unspecified atom stereocenters. The van der Waals surface area contributed by atoms with Crippen LogP contribution in [-0.4, -0.2) is 54.4 Å². The second-order valence-electron chi connectivity index (χ2n) is 6.64. The summed E-state index contributed by atoms with van der Waals surface area (Å²) in [6.45, 7) is 6.56. The van der Waals surface area contributed by atoms with E-state index in [1.165, 1.54) is 38.9 Å². The quantitative estimate of drug-likeness (QED) is 0.724. The van der Waals surface area contributed by atoms with E-state index in [9.17, 15) is 9.90 Å². The summed E-state index contributed by atoms with van der Waals surface area (Å²) < 4.78 is 0. The van der Waals surface area contributed by atoms with Crippen LogP contribution in [0.2, 0.25) is 0 Å². The number of urea groups is 1. The zero-order valence-electron chi connectivity index (χ0n) is 13.3. The molecule has 1 aliphatic carbocycles. The van der Waals surface area contributed by atoms with Crippen molar-refractivity contribution in [2.45, 2.75) is 64.0 Å². The molecule has 0 radical (unpaired) electrons. The average Bonchev–Trinajstić information content (AvgIpc) is 2.49. The van der Waals surface area contributed by atoms with E-state index >= 15 is 0 Å². The Kier molecular flexibility index (Phi) is 6.77. The first-order valence-electron chi connectivity index (χ1n) is 8.62. The van der Waals surface area contributed by atoms with E-state index in [0.717, 1.165) is 32.2 Å². The van der Waals surface area contributed by atoms with Crippen LogP contribution >= 0.6 is 0 Å². The van der Waals surface area contributed by atoms with Gasteiger partial charge in [0.1, 0.15) is 0 Å². The van der Waals surface area contributed by atoms with Crippen molar-refractivity contribution >= 4 is 6.03 Å². The topological polar surface area (TPSA) is 64.6 Å². The lowest BCUT2D eigenvalue weighted by molar-refractivity contribution is 0.117. The number of nitrogens with one attached hydrogen (secondary N) is 2. The van der Waals surface area contributed by atoms with Gasteiger partial charge in [-0.15, -0.1) is 0 Å². The molecule has 3 N–H and O–H groups in total. The summed E-state index contributed by atoms with van der Waals surface area (Å²) in [4.78, 5) is 14.4. The van der Waals surface area contributed by atoms with Crippen molar-refractivity contribution in [2.24, 2.45) is 5.92 Å². The van der Waals surface area contributed by atoms with Crippen molar-refractivity contribution in [1.82, 2.24) is 15.5 Å². The van der Waals surface area contributed by atoms with Gasteiger partial charge in [-0.1, -0.05) is 6.92 Å². The number of aliphatic hydroxyl groups is 1. The minimum atomic E-state index is -0.167. The van der Waals surface area contributed by atoms with Crippen LogP contribution in [0.3, 0.4) is 0 Å². The molecule has 1 saturated carbocycles. The molecular weight excluding hydrogens is 266 g/mol. The van der Waals surface area contributed by atoms with E-state index in [-0.39, 0.29) is 18.2 Å². The summed E-state index contributed by atoms with van der Waals surface area (Å²) in [7, 11) is 0. The molecular formula is C16H31N3O2. The van der Waals surface area contributed by atoms with Crippen LogP contribution in [-0.2, 0) is 0 Å². The maximum Gasteiger partial charge on any atom is 0.315 e. The molecule has 1 saturated heterocycles. The zero-order valence-corrected chi connectivity index (χ0v) is 13.3. The number of nitrogens with zero attached hydrogens (tertiary/aromatic N) is 1. The number of rotatable bonds is 5. The van der Waals surface area contributed by atoms with Crippen molar-refractivity contribution in [3.05, 3.63) is 0 Å². The molecule has 0 aromatic rings. The van der Waals surface area contributed by atoms with Crippen molar-refractivity contribution in [1.29, 1.82) is 0 Å². The molecule has 1 heterocycles. The molecule has 5 heteroatoms. The fourth-order valence-electron chi connectivity index (χ4n) is 3.42. The summed E-state index contributed by atoms with van der Waals surface area (Å²) in [6, 6.07) is 0.201. The highest BCUT2D eigenvalue weighted by molar-refractivity contribution is 5.74. The molecule has 0 bridgehead atoms. The van der Waals surface area contributed by atoms with E-state index in [1.807, 2.05) is 0 Å². The molecule has 21 heavy (non-hydrogen) atoms. The monoisotopic (exact) mass is 297 g/mol. The Balaban J connectivity index is 1.57. The number of carbonyl (C=O) groups is 1. The van der Waals surface area contributed by atoms with E-state index in [4.69, 9.17) is 0 Å². The SMILES string of the molecule is CCCN1CCC(CNC(=O)NC2CCC(O)CC2)CC1. The van der Waals surface area contributed by atoms with Crippen LogP contribution in [0, 0.1) is 5.92 Å². The van der Waals surface area contributed by atoms with Crippen LogP contribution in [0.1, 0.15) is 51.9 Å². The third-order valence-electron chi connectivity index (χ3n) is 4.83. The van der Waals surface area contributed by atoms with Gasteiger partial charge in [-0.05, 0) is 70.5 Å². The van der Waals surface area contributed by atoms with E-state index in [1.54, 1.807) is 0 Å². The molecule has 5 nitrogen and oxygen atoms in total. The van der Waals surface area contributed by atoms with Crippen LogP contribution < -0.4 is 10.6 Å². The first-order valence-corrected chi connectivity index (χ1v) is 8.62. The summed E-state index contributed by atoms with van der Waals surface area (Å²) in [5.74, 6) is 0.622. The van der Waals surface area contributed by atoms with Gasteiger partial charge < -0.3 is 20.6 Å². The van der Waals surface area contributed by atoms with Gasteiger partial charge >= 0.3 is 6.03 Å². The first kappa shape index (κ1) is 16.6. The Bertz CT molecular complexity index is 309. The minimum absolute atomic E-state index is 0.0348. The van der Waals surface area contributed by atoms with Gasteiger partial charge in [0.25, 0.3) is 0 Å². The van der Waals surface area contributed by atoms with E-state index < -0.39 is 0 Å².